The molecule has 206 valence electrons. The van der Waals surface area contributed by atoms with Crippen LogP contribution >= 0.6 is 0 Å². The largest absolute Gasteiger partial charge is 0.494 e. The normalized spacial score (nSPS) is 17.4. The molecule has 0 spiro atoms. The number of nitrogens with zero attached hydrogens (tertiary/aromatic N) is 5. The fraction of sp³-hybridized carbons (Fsp3) is 0.323. The minimum absolute atomic E-state index is 0.262. The highest BCUT2D eigenvalue weighted by atomic mass is 16.5. The average Bonchev–Trinajstić information content (AvgIpc) is 3.74. The molecule has 0 radical (unpaired) electrons. The first-order valence-electron chi connectivity index (χ1n) is 13.8. The number of anilines is 4. The highest BCUT2D eigenvalue weighted by Gasteiger charge is 2.31. The maximum atomic E-state index is 12.4. The summed E-state index contributed by atoms with van der Waals surface area (Å²) in [6, 6.07) is 14.6. The standard InChI is InChI=1S/C31H35N7O2/c1-4-30(39)33-25-17-26(29(40-3)18-28(25)38-16-12-21(19-38)37-14-7-8-15-37)35-31-32-13-11-24(34-31)23-20-36(2)27-10-6-5-9-22(23)27/h4-6,9-11,13,17-18,20-21H,1,7-8,12,14-16,19H2,2-3H3,(H,33,39)(H,32,34,35). The van der Waals surface area contributed by atoms with Gasteiger partial charge in [-0.25, -0.2) is 9.97 Å². The van der Waals surface area contributed by atoms with E-state index in [1.165, 1.54) is 32.0 Å². The molecule has 2 aliphatic rings. The quantitative estimate of drug-likeness (QED) is 0.299. The Balaban J connectivity index is 1.32. The Hall–Kier alpha value is -4.37. The van der Waals surface area contributed by atoms with E-state index in [9.17, 15) is 4.79 Å². The summed E-state index contributed by atoms with van der Waals surface area (Å²) < 4.78 is 7.92. The number of ether oxygens (including phenoxy) is 1. The SMILES string of the molecule is C=CC(=O)Nc1cc(Nc2nccc(-c3cn(C)c4ccccc34)n2)c(OC)cc1N1CCC(N2CCCC2)C1. The Kier molecular flexibility index (Phi) is 7.13. The fourth-order valence-corrected chi connectivity index (χ4v) is 5.98. The molecule has 2 saturated heterocycles. The van der Waals surface area contributed by atoms with Crippen LogP contribution in [0.4, 0.5) is 23.0 Å². The van der Waals surface area contributed by atoms with E-state index in [4.69, 9.17) is 9.72 Å². The van der Waals surface area contributed by atoms with E-state index in [0.717, 1.165) is 47.4 Å². The predicted octanol–water partition coefficient (Wildman–Crippen LogP) is 5.19. The van der Waals surface area contributed by atoms with Gasteiger partial charge in [0, 0.05) is 61.1 Å². The third-order valence-corrected chi connectivity index (χ3v) is 8.00. The first-order valence-corrected chi connectivity index (χ1v) is 13.8. The molecule has 0 aliphatic carbocycles. The average molecular weight is 538 g/mol. The zero-order chi connectivity index (χ0) is 27.6. The monoisotopic (exact) mass is 537 g/mol. The van der Waals surface area contributed by atoms with Crippen LogP contribution in [0.1, 0.15) is 19.3 Å². The summed E-state index contributed by atoms with van der Waals surface area (Å²) in [4.78, 5) is 26.7. The number of amides is 1. The second kappa shape index (κ2) is 11.0. The molecular formula is C31H35N7O2. The molecule has 1 amide bonds. The predicted molar refractivity (Wildman–Crippen MR) is 160 cm³/mol. The number of benzene rings is 2. The zero-order valence-electron chi connectivity index (χ0n) is 23.1. The lowest BCUT2D eigenvalue weighted by Gasteiger charge is -2.26. The lowest BCUT2D eigenvalue weighted by molar-refractivity contribution is -0.111. The van der Waals surface area contributed by atoms with Gasteiger partial charge in [-0.05, 0) is 56.6 Å². The number of rotatable bonds is 8. The van der Waals surface area contributed by atoms with Crippen molar-refractivity contribution in [2.24, 2.45) is 7.05 Å². The van der Waals surface area contributed by atoms with Gasteiger partial charge in [0.1, 0.15) is 5.75 Å². The molecule has 2 fully saturated rings. The van der Waals surface area contributed by atoms with Crippen LogP contribution in [-0.4, -0.2) is 64.7 Å². The lowest BCUT2D eigenvalue weighted by Crippen LogP contribution is -2.35. The maximum absolute atomic E-state index is 12.4. The van der Waals surface area contributed by atoms with Crippen molar-refractivity contribution in [1.29, 1.82) is 0 Å². The van der Waals surface area contributed by atoms with E-state index in [-0.39, 0.29) is 5.91 Å². The number of methoxy groups -OCH3 is 1. The van der Waals surface area contributed by atoms with Crippen molar-refractivity contribution in [3.05, 3.63) is 67.5 Å². The summed E-state index contributed by atoms with van der Waals surface area (Å²) in [6.07, 6.45) is 8.77. The molecule has 40 heavy (non-hydrogen) atoms. The summed E-state index contributed by atoms with van der Waals surface area (Å²) in [7, 11) is 3.68. The van der Waals surface area contributed by atoms with Gasteiger partial charge in [-0.15, -0.1) is 0 Å². The molecule has 2 aliphatic heterocycles. The number of hydrogen-bond acceptors (Lipinski definition) is 7. The van der Waals surface area contributed by atoms with E-state index in [0.29, 0.717) is 29.1 Å². The summed E-state index contributed by atoms with van der Waals surface area (Å²) in [6.45, 7) is 7.82. The van der Waals surface area contributed by atoms with Crippen LogP contribution < -0.4 is 20.3 Å². The van der Waals surface area contributed by atoms with Gasteiger partial charge in [0.2, 0.25) is 11.9 Å². The molecule has 9 heteroatoms. The number of carbonyl (C=O) groups is 1. The van der Waals surface area contributed by atoms with Crippen molar-refractivity contribution in [3.63, 3.8) is 0 Å². The van der Waals surface area contributed by atoms with Crippen LogP contribution in [0.3, 0.4) is 0 Å². The van der Waals surface area contributed by atoms with Gasteiger partial charge in [0.05, 0.1) is 29.9 Å². The number of hydrogen-bond donors (Lipinski definition) is 2. The van der Waals surface area contributed by atoms with Crippen LogP contribution in [0.2, 0.25) is 0 Å². The van der Waals surface area contributed by atoms with E-state index in [2.05, 4.69) is 54.9 Å². The second-order valence-corrected chi connectivity index (χ2v) is 10.5. The number of nitrogens with one attached hydrogen (secondary N) is 2. The molecule has 1 atom stereocenters. The van der Waals surface area contributed by atoms with Crippen LogP contribution in [-0.2, 0) is 11.8 Å². The van der Waals surface area contributed by atoms with Crippen molar-refractivity contribution in [2.45, 2.75) is 25.3 Å². The molecule has 1 unspecified atom stereocenters. The van der Waals surface area contributed by atoms with Crippen molar-refractivity contribution in [2.75, 3.05) is 48.8 Å². The van der Waals surface area contributed by atoms with E-state index in [1.807, 2.05) is 37.4 Å². The van der Waals surface area contributed by atoms with Crippen LogP contribution in [0, 0.1) is 0 Å². The third kappa shape index (κ3) is 5.00. The number of para-hydroxylation sites is 1. The lowest BCUT2D eigenvalue weighted by atomic mass is 10.1. The minimum Gasteiger partial charge on any atom is -0.494 e. The first kappa shape index (κ1) is 25.9. The Morgan fingerprint density at radius 1 is 1.12 bits per heavy atom. The molecule has 0 saturated carbocycles. The summed E-state index contributed by atoms with van der Waals surface area (Å²) >= 11 is 0. The summed E-state index contributed by atoms with van der Waals surface area (Å²) in [5.41, 5.74) is 5.28. The molecule has 2 aromatic heterocycles. The number of fused-ring (bicyclic) bond motifs is 1. The van der Waals surface area contributed by atoms with E-state index in [1.54, 1.807) is 13.3 Å². The minimum atomic E-state index is -0.262. The maximum Gasteiger partial charge on any atom is 0.247 e. The van der Waals surface area contributed by atoms with Gasteiger partial charge < -0.3 is 24.8 Å². The number of carbonyl (C=O) groups excluding carboxylic acids is 1. The summed E-state index contributed by atoms with van der Waals surface area (Å²) in [5.74, 6) is 0.824. The number of aryl methyl sites for hydroxylation is 1. The van der Waals surface area contributed by atoms with Crippen LogP contribution in [0.15, 0.2) is 67.5 Å². The van der Waals surface area contributed by atoms with Crippen LogP contribution in [0.25, 0.3) is 22.2 Å². The van der Waals surface area contributed by atoms with E-state index >= 15 is 0 Å². The van der Waals surface area contributed by atoms with Gasteiger partial charge in [-0.2, -0.15) is 0 Å². The smallest absolute Gasteiger partial charge is 0.247 e. The molecule has 9 nitrogen and oxygen atoms in total. The van der Waals surface area contributed by atoms with Crippen molar-refractivity contribution in [3.8, 4) is 17.0 Å². The molecule has 6 rings (SSSR count). The van der Waals surface area contributed by atoms with Gasteiger partial charge in [0.25, 0.3) is 0 Å². The van der Waals surface area contributed by atoms with Gasteiger partial charge in [-0.1, -0.05) is 24.8 Å². The van der Waals surface area contributed by atoms with Crippen molar-refractivity contribution in [1.82, 2.24) is 19.4 Å². The van der Waals surface area contributed by atoms with Crippen molar-refractivity contribution < 1.29 is 9.53 Å². The Bertz CT molecular complexity index is 1560. The number of aromatic nitrogens is 3. The molecule has 2 N–H and O–H groups in total. The van der Waals surface area contributed by atoms with Crippen molar-refractivity contribution >= 4 is 39.8 Å². The molecule has 4 heterocycles. The van der Waals surface area contributed by atoms with Crippen LogP contribution in [0.5, 0.6) is 5.75 Å². The molecule has 4 aromatic rings. The molecule has 0 bridgehead atoms. The number of likely N-dealkylation sites (tertiary alicyclic amines) is 1. The Morgan fingerprint density at radius 2 is 1.95 bits per heavy atom. The Morgan fingerprint density at radius 3 is 2.75 bits per heavy atom. The third-order valence-electron chi connectivity index (χ3n) is 8.00. The topological polar surface area (TPSA) is 87.5 Å². The molecular weight excluding hydrogens is 502 g/mol. The zero-order valence-corrected chi connectivity index (χ0v) is 23.1. The first-order chi connectivity index (χ1) is 19.5. The van der Waals surface area contributed by atoms with E-state index < -0.39 is 0 Å². The Labute approximate surface area is 234 Å². The highest BCUT2D eigenvalue weighted by molar-refractivity contribution is 6.02. The highest BCUT2D eigenvalue weighted by Crippen LogP contribution is 2.40. The van der Waals surface area contributed by atoms with Gasteiger partial charge in [-0.3, -0.25) is 9.69 Å². The summed E-state index contributed by atoms with van der Waals surface area (Å²) in [5, 5.41) is 7.47. The van der Waals surface area contributed by atoms with Gasteiger partial charge >= 0.3 is 0 Å². The molecule has 2 aromatic carbocycles. The second-order valence-electron chi connectivity index (χ2n) is 10.5. The van der Waals surface area contributed by atoms with Gasteiger partial charge in [0.15, 0.2) is 0 Å². The fourth-order valence-electron chi connectivity index (χ4n) is 5.98.